The molecule has 0 radical (unpaired) electrons. The lowest BCUT2D eigenvalue weighted by atomic mass is 10.1. The van der Waals surface area contributed by atoms with E-state index in [0.717, 1.165) is 3.93 Å². The molecule has 3 heterocycles. The number of carbonyl (C=O) groups is 5. The van der Waals surface area contributed by atoms with E-state index in [1.54, 1.807) is 12.1 Å². The first-order valence-corrected chi connectivity index (χ1v) is 12.3. The van der Waals surface area contributed by atoms with Crippen molar-refractivity contribution in [2.24, 2.45) is 0 Å². The molecule has 0 saturated carbocycles. The van der Waals surface area contributed by atoms with Gasteiger partial charge in [-0.1, -0.05) is 0 Å². The van der Waals surface area contributed by atoms with E-state index in [4.69, 9.17) is 15.9 Å². The molecular formula is C23H23BrN8O8. The van der Waals surface area contributed by atoms with Crippen molar-refractivity contribution in [1.82, 2.24) is 29.2 Å². The highest BCUT2D eigenvalue weighted by atomic mass is 79.9. The Kier molecular flexibility index (Phi) is 9.80. The van der Waals surface area contributed by atoms with Crippen molar-refractivity contribution in [2.75, 3.05) is 11.1 Å². The molecule has 1 aromatic carbocycles. The Hall–Kier alpha value is -4.93. The summed E-state index contributed by atoms with van der Waals surface area (Å²) in [6.07, 6.45) is 1.54. The van der Waals surface area contributed by atoms with E-state index in [9.17, 15) is 28.8 Å². The lowest BCUT2D eigenvalue weighted by Crippen LogP contribution is -2.41. The zero-order valence-electron chi connectivity index (χ0n) is 20.6. The van der Waals surface area contributed by atoms with Crippen LogP contribution in [0.25, 0.3) is 11.2 Å². The van der Waals surface area contributed by atoms with Crippen LogP contribution >= 0.6 is 16.1 Å². The van der Waals surface area contributed by atoms with Crippen LogP contribution < -0.4 is 21.9 Å². The van der Waals surface area contributed by atoms with Crippen LogP contribution in [0.5, 0.6) is 0 Å². The van der Waals surface area contributed by atoms with Crippen molar-refractivity contribution in [3.05, 3.63) is 52.1 Å². The highest BCUT2D eigenvalue weighted by Crippen LogP contribution is 2.15. The number of aliphatic carboxylic acids is 2. The van der Waals surface area contributed by atoms with Crippen LogP contribution in [0, 0.1) is 0 Å². The van der Waals surface area contributed by atoms with Crippen molar-refractivity contribution in [3.63, 3.8) is 0 Å². The van der Waals surface area contributed by atoms with Crippen LogP contribution in [-0.2, 0) is 25.7 Å². The molecule has 4 rings (SSSR count). The highest BCUT2D eigenvalue weighted by Gasteiger charge is 2.26. The van der Waals surface area contributed by atoms with E-state index in [1.165, 1.54) is 18.3 Å². The molecule has 7 N–H and O–H groups in total. The summed E-state index contributed by atoms with van der Waals surface area (Å²) in [4.78, 5) is 81.4. The summed E-state index contributed by atoms with van der Waals surface area (Å²) in [6, 6.07) is 4.86. The van der Waals surface area contributed by atoms with E-state index in [-0.39, 0.29) is 53.9 Å². The Morgan fingerprint density at radius 2 is 1.73 bits per heavy atom. The summed E-state index contributed by atoms with van der Waals surface area (Å²) in [7, 11) is 0. The first kappa shape index (κ1) is 29.6. The molecule has 2 aromatic heterocycles. The normalized spacial score (nSPS) is 13.4. The van der Waals surface area contributed by atoms with Crippen molar-refractivity contribution < 1.29 is 34.2 Å². The van der Waals surface area contributed by atoms with Gasteiger partial charge in [0.1, 0.15) is 6.04 Å². The lowest BCUT2D eigenvalue weighted by Gasteiger charge is -2.14. The minimum absolute atomic E-state index is 0.0524. The van der Waals surface area contributed by atoms with Crippen molar-refractivity contribution >= 4 is 68.6 Å². The number of aromatic amines is 1. The molecule has 40 heavy (non-hydrogen) atoms. The molecule has 1 atom stereocenters. The van der Waals surface area contributed by atoms with E-state index in [1.807, 2.05) is 0 Å². The number of benzene rings is 1. The van der Waals surface area contributed by atoms with Crippen molar-refractivity contribution in [3.8, 4) is 0 Å². The van der Waals surface area contributed by atoms with Gasteiger partial charge in [-0.2, -0.15) is 4.98 Å². The molecule has 17 heteroatoms. The zero-order chi connectivity index (χ0) is 29.4. The first-order valence-electron chi connectivity index (χ1n) is 11.6. The summed E-state index contributed by atoms with van der Waals surface area (Å²) < 4.78 is 0.979. The number of hydrogen-bond acceptors (Lipinski definition) is 11. The molecule has 16 nitrogen and oxygen atoms in total. The van der Waals surface area contributed by atoms with E-state index >= 15 is 0 Å². The number of rotatable bonds is 9. The second-order valence-corrected chi connectivity index (χ2v) is 8.99. The second-order valence-electron chi connectivity index (χ2n) is 8.28. The molecule has 3 amide bonds. The number of anilines is 2. The number of carbonyl (C=O) groups excluding carboxylic acids is 3. The number of nitrogen functional groups attached to an aromatic ring is 1. The van der Waals surface area contributed by atoms with Crippen LogP contribution in [-0.4, -0.2) is 69.8 Å². The number of H-pyrrole nitrogens is 1. The van der Waals surface area contributed by atoms with Gasteiger partial charge in [-0.15, -0.1) is 0 Å². The summed E-state index contributed by atoms with van der Waals surface area (Å²) in [5, 5.41) is 23.2. The third-order valence-electron chi connectivity index (χ3n) is 5.35. The molecule has 0 bridgehead atoms. The quantitative estimate of drug-likeness (QED) is 0.140. The molecule has 1 unspecified atom stereocenters. The van der Waals surface area contributed by atoms with Gasteiger partial charge >= 0.3 is 11.9 Å². The lowest BCUT2D eigenvalue weighted by molar-refractivity contribution is -0.140. The number of nitrogens with two attached hydrogens (primary N) is 1. The van der Waals surface area contributed by atoms with Gasteiger partial charge in [0.05, 0.1) is 34.6 Å². The Morgan fingerprint density at radius 1 is 1.07 bits per heavy atom. The van der Waals surface area contributed by atoms with Crippen molar-refractivity contribution in [2.45, 2.75) is 38.3 Å². The Bertz CT molecular complexity index is 1490. The maximum absolute atomic E-state index is 12.3. The number of imide groups is 1. The Labute approximate surface area is 233 Å². The van der Waals surface area contributed by atoms with Gasteiger partial charge in [0.15, 0.2) is 11.2 Å². The minimum atomic E-state index is -1.31. The van der Waals surface area contributed by atoms with Gasteiger partial charge in [0.2, 0.25) is 17.8 Å². The number of fused-ring (bicyclic) bond motifs is 1. The van der Waals surface area contributed by atoms with Gasteiger partial charge in [-0.25, -0.2) is 18.7 Å². The molecular weight excluding hydrogens is 596 g/mol. The third-order valence-corrected chi connectivity index (χ3v) is 6.14. The number of halogens is 1. The van der Waals surface area contributed by atoms with Gasteiger partial charge in [-0.3, -0.25) is 29.0 Å². The number of amides is 3. The molecule has 1 aliphatic rings. The Morgan fingerprint density at radius 3 is 2.27 bits per heavy atom. The molecule has 0 aliphatic carbocycles. The largest absolute Gasteiger partial charge is 0.481 e. The van der Waals surface area contributed by atoms with E-state index in [2.05, 4.69) is 46.7 Å². The topological polar surface area (TPSA) is 251 Å². The first-order chi connectivity index (χ1) is 18.9. The standard InChI is InChI=1S/C19H19N7O6.C4H4BrNO2/c20-19-25-15-14(17(30)26-19)23-11(8-22-15)7-21-10-3-1-9(2-4-10)16(29)24-12(18(31)32)5-6-13(27)28;5-6-3(7)1-2-4(6)8/h1-4,8,12,21H,5-7H2,(H,24,29)(H,27,28)(H,31,32)(H3,20,22,25,26,30);1-2H2. The van der Waals surface area contributed by atoms with E-state index < -0.39 is 29.4 Å². The van der Waals surface area contributed by atoms with Crippen LogP contribution in [0.4, 0.5) is 11.6 Å². The number of nitrogens with zero attached hydrogens (tertiary/aromatic N) is 4. The average molecular weight is 619 g/mol. The maximum Gasteiger partial charge on any atom is 0.326 e. The molecule has 1 saturated heterocycles. The Balaban J connectivity index is 0.000000472. The second kappa shape index (κ2) is 13.2. The fraction of sp³-hybridized carbons (Fsp3) is 0.261. The predicted octanol–water partition coefficient (Wildman–Crippen LogP) is 0.401. The summed E-state index contributed by atoms with van der Waals surface area (Å²) in [6.45, 7) is 0.231. The van der Waals surface area contributed by atoms with E-state index in [0.29, 0.717) is 24.2 Å². The number of carboxylic acid groups (broad SMARTS) is 2. The number of hydrogen-bond donors (Lipinski definition) is 6. The number of nitrogens with one attached hydrogen (secondary N) is 3. The van der Waals surface area contributed by atoms with Gasteiger partial charge < -0.3 is 26.6 Å². The van der Waals surface area contributed by atoms with Gasteiger partial charge in [-0.05, 0) is 30.7 Å². The highest BCUT2D eigenvalue weighted by molar-refractivity contribution is 9.08. The van der Waals surface area contributed by atoms with Gasteiger partial charge in [0.25, 0.3) is 11.5 Å². The monoisotopic (exact) mass is 618 g/mol. The molecule has 210 valence electrons. The average Bonchev–Trinajstić information content (AvgIpc) is 3.21. The number of carboxylic acids is 2. The number of aromatic nitrogens is 4. The molecule has 1 fully saturated rings. The van der Waals surface area contributed by atoms with Crippen LogP contribution in [0.1, 0.15) is 41.7 Å². The summed E-state index contributed by atoms with van der Waals surface area (Å²) >= 11 is 2.80. The molecule has 0 spiro atoms. The van der Waals surface area contributed by atoms with Crippen LogP contribution in [0.15, 0.2) is 35.3 Å². The molecule has 1 aliphatic heterocycles. The van der Waals surface area contributed by atoms with Crippen molar-refractivity contribution in [1.29, 1.82) is 0 Å². The van der Waals surface area contributed by atoms with Crippen LogP contribution in [0.3, 0.4) is 0 Å². The SMILES string of the molecule is Nc1nc2ncc(CNc3ccc(C(=O)NC(CCC(=O)O)C(=O)O)cc3)nc2c(=O)[nH]1.O=C1CCC(=O)N1Br. The zero-order valence-corrected chi connectivity index (χ0v) is 22.2. The smallest absolute Gasteiger partial charge is 0.326 e. The van der Waals surface area contributed by atoms with Crippen LogP contribution in [0.2, 0.25) is 0 Å². The summed E-state index contributed by atoms with van der Waals surface area (Å²) in [5.41, 5.74) is 6.47. The predicted molar refractivity (Wildman–Crippen MR) is 142 cm³/mol. The maximum atomic E-state index is 12.3. The fourth-order valence-electron chi connectivity index (χ4n) is 3.30. The fourth-order valence-corrected chi connectivity index (χ4v) is 3.66. The third kappa shape index (κ3) is 8.03. The molecule has 3 aromatic rings. The van der Waals surface area contributed by atoms with Gasteiger partial charge in [0, 0.05) is 30.5 Å². The minimum Gasteiger partial charge on any atom is -0.481 e. The summed E-state index contributed by atoms with van der Waals surface area (Å²) in [5.74, 6) is -3.44.